The Morgan fingerprint density at radius 2 is 2.09 bits per heavy atom. The molecule has 5 nitrogen and oxygen atoms in total. The van der Waals surface area contributed by atoms with Gasteiger partial charge in [-0.15, -0.1) is 0 Å². The highest BCUT2D eigenvalue weighted by Crippen LogP contribution is 2.39. The van der Waals surface area contributed by atoms with Crippen molar-refractivity contribution in [1.29, 1.82) is 5.26 Å². The number of hydrogen-bond acceptors (Lipinski definition) is 5. The number of nitrogens with zero attached hydrogens (tertiary/aromatic N) is 4. The molecule has 2 fully saturated rings. The van der Waals surface area contributed by atoms with Crippen LogP contribution in [0.2, 0.25) is 0 Å². The quantitative estimate of drug-likeness (QED) is 0.867. The Morgan fingerprint density at radius 1 is 1.22 bits per heavy atom. The van der Waals surface area contributed by atoms with E-state index < -0.39 is 0 Å². The minimum atomic E-state index is 0.342. The SMILES string of the molecule is N#Cc1ccccc1CN1CCCC(c2noc(C3CC3)n2)C1. The smallest absolute Gasteiger partial charge is 0.229 e. The average molecular weight is 308 g/mol. The van der Waals surface area contributed by atoms with Crippen molar-refractivity contribution in [3.05, 3.63) is 47.1 Å². The second-order valence-corrected chi connectivity index (χ2v) is 6.61. The average Bonchev–Trinajstić information content (AvgIpc) is 3.33. The Morgan fingerprint density at radius 3 is 2.91 bits per heavy atom. The van der Waals surface area contributed by atoms with Gasteiger partial charge in [0.2, 0.25) is 5.89 Å². The van der Waals surface area contributed by atoms with Crippen LogP contribution in [0.3, 0.4) is 0 Å². The van der Waals surface area contributed by atoms with Crippen molar-refractivity contribution < 1.29 is 4.52 Å². The lowest BCUT2D eigenvalue weighted by Crippen LogP contribution is -2.34. The van der Waals surface area contributed by atoms with Crippen LogP contribution in [0.25, 0.3) is 0 Å². The molecule has 0 N–H and O–H groups in total. The van der Waals surface area contributed by atoms with Gasteiger partial charge in [-0.25, -0.2) is 0 Å². The van der Waals surface area contributed by atoms with Gasteiger partial charge in [-0.2, -0.15) is 10.2 Å². The molecule has 1 aliphatic heterocycles. The van der Waals surface area contributed by atoms with E-state index in [1.807, 2.05) is 24.3 Å². The maximum absolute atomic E-state index is 9.24. The van der Waals surface area contributed by atoms with Gasteiger partial charge < -0.3 is 4.52 Å². The van der Waals surface area contributed by atoms with E-state index in [2.05, 4.69) is 21.1 Å². The molecule has 0 bridgehead atoms. The molecule has 1 saturated carbocycles. The maximum atomic E-state index is 9.24. The van der Waals surface area contributed by atoms with Crippen LogP contribution < -0.4 is 0 Å². The Bertz CT molecular complexity index is 729. The minimum Gasteiger partial charge on any atom is -0.339 e. The summed E-state index contributed by atoms with van der Waals surface area (Å²) in [6, 6.07) is 10.1. The lowest BCUT2D eigenvalue weighted by Gasteiger charge is -2.31. The summed E-state index contributed by atoms with van der Waals surface area (Å²) in [6.45, 7) is 2.81. The largest absolute Gasteiger partial charge is 0.339 e. The van der Waals surface area contributed by atoms with Gasteiger partial charge in [0, 0.05) is 24.9 Å². The number of likely N-dealkylation sites (tertiary alicyclic amines) is 1. The standard InChI is InChI=1S/C18H20N4O/c19-10-14-4-1-2-5-15(14)11-22-9-3-6-16(12-22)17-20-18(23-21-17)13-7-8-13/h1-2,4-5,13,16H,3,6-9,11-12H2. The van der Waals surface area contributed by atoms with E-state index in [0.29, 0.717) is 11.8 Å². The van der Waals surface area contributed by atoms with E-state index in [1.165, 1.54) is 12.8 Å². The highest BCUT2D eigenvalue weighted by molar-refractivity contribution is 5.37. The molecule has 1 aliphatic carbocycles. The molecule has 2 aromatic rings. The maximum Gasteiger partial charge on any atom is 0.229 e. The van der Waals surface area contributed by atoms with Crippen LogP contribution >= 0.6 is 0 Å². The number of nitriles is 1. The Kier molecular flexibility index (Phi) is 3.84. The fourth-order valence-corrected chi connectivity index (χ4v) is 3.33. The van der Waals surface area contributed by atoms with Gasteiger partial charge in [0.25, 0.3) is 0 Å². The number of hydrogen-bond donors (Lipinski definition) is 0. The van der Waals surface area contributed by atoms with Crippen LogP contribution in [-0.2, 0) is 6.54 Å². The monoisotopic (exact) mass is 308 g/mol. The minimum absolute atomic E-state index is 0.342. The number of piperidine rings is 1. The molecule has 1 aromatic heterocycles. The van der Waals surface area contributed by atoms with Gasteiger partial charge in [0.1, 0.15) is 0 Å². The van der Waals surface area contributed by atoms with Crippen LogP contribution in [0.15, 0.2) is 28.8 Å². The van der Waals surface area contributed by atoms with Crippen molar-refractivity contribution in [2.24, 2.45) is 0 Å². The Labute approximate surface area is 135 Å². The van der Waals surface area contributed by atoms with Crippen molar-refractivity contribution in [1.82, 2.24) is 15.0 Å². The number of aromatic nitrogens is 2. The molecule has 5 heteroatoms. The zero-order valence-electron chi connectivity index (χ0n) is 13.1. The molecule has 1 atom stereocenters. The second-order valence-electron chi connectivity index (χ2n) is 6.61. The van der Waals surface area contributed by atoms with Gasteiger partial charge in [-0.3, -0.25) is 4.90 Å². The third kappa shape index (κ3) is 3.13. The predicted octanol–water partition coefficient (Wildman–Crippen LogP) is 3.20. The zero-order valence-corrected chi connectivity index (χ0v) is 13.1. The first-order valence-electron chi connectivity index (χ1n) is 8.37. The van der Waals surface area contributed by atoms with Crippen LogP contribution in [0.1, 0.15) is 60.4 Å². The van der Waals surface area contributed by atoms with Gasteiger partial charge in [-0.1, -0.05) is 23.4 Å². The summed E-state index contributed by atoms with van der Waals surface area (Å²) < 4.78 is 5.41. The fourth-order valence-electron chi connectivity index (χ4n) is 3.33. The van der Waals surface area contributed by atoms with Crippen molar-refractivity contribution in [3.63, 3.8) is 0 Å². The van der Waals surface area contributed by atoms with Crippen molar-refractivity contribution in [2.45, 2.75) is 44.1 Å². The topological polar surface area (TPSA) is 66.0 Å². The molecule has 4 rings (SSSR count). The van der Waals surface area contributed by atoms with Crippen LogP contribution in [0.4, 0.5) is 0 Å². The third-order valence-corrected chi connectivity index (χ3v) is 4.79. The molecule has 2 aliphatic rings. The molecule has 0 radical (unpaired) electrons. The summed E-state index contributed by atoms with van der Waals surface area (Å²) in [5.41, 5.74) is 1.87. The van der Waals surface area contributed by atoms with E-state index >= 15 is 0 Å². The first kappa shape index (κ1) is 14.4. The first-order chi connectivity index (χ1) is 11.3. The van der Waals surface area contributed by atoms with Crippen molar-refractivity contribution >= 4 is 0 Å². The van der Waals surface area contributed by atoms with Crippen molar-refractivity contribution in [2.75, 3.05) is 13.1 Å². The Hall–Kier alpha value is -2.19. The molecule has 118 valence electrons. The van der Waals surface area contributed by atoms with Gasteiger partial charge in [0.05, 0.1) is 11.6 Å². The lowest BCUT2D eigenvalue weighted by molar-refractivity contribution is 0.194. The molecular formula is C18H20N4O. The summed E-state index contributed by atoms with van der Waals surface area (Å²) in [6.07, 6.45) is 4.61. The molecule has 1 aromatic carbocycles. The molecule has 2 heterocycles. The van der Waals surface area contributed by atoms with Crippen LogP contribution in [0.5, 0.6) is 0 Å². The highest BCUT2D eigenvalue weighted by atomic mass is 16.5. The van der Waals surface area contributed by atoms with E-state index in [-0.39, 0.29) is 0 Å². The summed E-state index contributed by atoms with van der Waals surface area (Å²) in [7, 11) is 0. The van der Waals surface area contributed by atoms with E-state index in [1.54, 1.807) is 0 Å². The van der Waals surface area contributed by atoms with Crippen LogP contribution in [-0.4, -0.2) is 28.1 Å². The third-order valence-electron chi connectivity index (χ3n) is 4.79. The predicted molar refractivity (Wildman–Crippen MR) is 84.7 cm³/mol. The highest BCUT2D eigenvalue weighted by Gasteiger charge is 2.32. The van der Waals surface area contributed by atoms with Gasteiger partial charge in [0.15, 0.2) is 5.82 Å². The zero-order chi connectivity index (χ0) is 15.6. The molecule has 0 spiro atoms. The summed E-state index contributed by atoms with van der Waals surface area (Å²) >= 11 is 0. The van der Waals surface area contributed by atoms with Crippen LogP contribution in [0, 0.1) is 11.3 Å². The normalized spacial score (nSPS) is 22.0. The summed E-state index contributed by atoms with van der Waals surface area (Å²) in [5.74, 6) is 2.55. The molecule has 0 amide bonds. The fraction of sp³-hybridized carbons (Fsp3) is 0.500. The molecule has 1 unspecified atom stereocenters. The van der Waals surface area contributed by atoms with Gasteiger partial charge in [-0.05, 0) is 43.9 Å². The summed E-state index contributed by atoms with van der Waals surface area (Å²) in [4.78, 5) is 7.01. The van der Waals surface area contributed by atoms with Crippen molar-refractivity contribution in [3.8, 4) is 6.07 Å². The molecule has 23 heavy (non-hydrogen) atoms. The van der Waals surface area contributed by atoms with E-state index in [4.69, 9.17) is 4.52 Å². The molecular weight excluding hydrogens is 288 g/mol. The van der Waals surface area contributed by atoms with Gasteiger partial charge >= 0.3 is 0 Å². The van der Waals surface area contributed by atoms with E-state index in [0.717, 1.165) is 55.3 Å². The second kappa shape index (κ2) is 6.13. The van der Waals surface area contributed by atoms with E-state index in [9.17, 15) is 5.26 Å². The number of benzene rings is 1. The first-order valence-corrected chi connectivity index (χ1v) is 8.37. The lowest BCUT2D eigenvalue weighted by atomic mass is 9.96. The molecule has 1 saturated heterocycles. The Balaban J connectivity index is 1.45. The summed E-state index contributed by atoms with van der Waals surface area (Å²) in [5, 5.41) is 13.4. The number of rotatable bonds is 4.